The number of rotatable bonds is 5. The molecule has 1 heterocycles. The smallest absolute Gasteiger partial charge is 0.0539 e. The van der Waals surface area contributed by atoms with Crippen molar-refractivity contribution < 1.29 is 0 Å². The molecule has 0 spiro atoms. The fraction of sp³-hybridized carbons (Fsp3) is 0.727. The molecule has 15 heavy (non-hydrogen) atoms. The van der Waals surface area contributed by atoms with Crippen molar-refractivity contribution in [2.24, 2.45) is 0 Å². The zero-order chi connectivity index (χ0) is 11.4. The van der Waals surface area contributed by atoms with E-state index in [0.717, 1.165) is 18.7 Å². The molecule has 0 unspecified atom stereocenters. The molecule has 0 atom stereocenters. The van der Waals surface area contributed by atoms with Crippen molar-refractivity contribution >= 4 is 11.6 Å². The Hall–Kier alpha value is -0.540. The number of aromatic nitrogens is 2. The summed E-state index contributed by atoms with van der Waals surface area (Å²) in [5.74, 6) is 1.03. The van der Waals surface area contributed by atoms with Crippen LogP contribution in [0.2, 0.25) is 0 Å². The molecule has 1 aromatic heterocycles. The van der Waals surface area contributed by atoms with E-state index in [1.54, 1.807) is 0 Å². The fourth-order valence-corrected chi connectivity index (χ4v) is 1.88. The van der Waals surface area contributed by atoms with E-state index in [0.29, 0.717) is 11.8 Å². The van der Waals surface area contributed by atoms with E-state index in [1.807, 2.05) is 6.20 Å². The largest absolute Gasteiger partial charge is 0.308 e. The summed E-state index contributed by atoms with van der Waals surface area (Å²) in [4.78, 5) is 2.16. The van der Waals surface area contributed by atoms with Crippen molar-refractivity contribution in [2.75, 3.05) is 20.6 Å². The molecule has 0 amide bonds. The van der Waals surface area contributed by atoms with Crippen LogP contribution < -0.4 is 0 Å². The summed E-state index contributed by atoms with van der Waals surface area (Å²) < 4.78 is 2.07. The van der Waals surface area contributed by atoms with Crippen LogP contribution in [0.5, 0.6) is 0 Å². The van der Waals surface area contributed by atoms with Gasteiger partial charge in [0.05, 0.1) is 18.6 Å². The maximum Gasteiger partial charge on any atom is 0.0539 e. The quantitative estimate of drug-likeness (QED) is 0.723. The lowest BCUT2D eigenvalue weighted by molar-refractivity contribution is 0.367. The third kappa shape index (κ3) is 3.21. The molecule has 3 nitrogen and oxygen atoms in total. The molecule has 0 saturated carbocycles. The third-order valence-electron chi connectivity index (χ3n) is 2.41. The Labute approximate surface area is 97.0 Å². The lowest BCUT2D eigenvalue weighted by Crippen LogP contribution is -2.20. The van der Waals surface area contributed by atoms with Crippen LogP contribution in [-0.2, 0) is 12.4 Å². The lowest BCUT2D eigenvalue weighted by Gasteiger charge is -2.14. The van der Waals surface area contributed by atoms with Gasteiger partial charge >= 0.3 is 0 Å². The Morgan fingerprint density at radius 3 is 2.60 bits per heavy atom. The molecule has 0 N–H and O–H groups in total. The summed E-state index contributed by atoms with van der Waals surface area (Å²) >= 11 is 5.89. The zero-order valence-corrected chi connectivity index (χ0v) is 10.8. The number of alkyl halides is 1. The molecule has 1 aromatic rings. The van der Waals surface area contributed by atoms with Crippen LogP contribution in [0.1, 0.15) is 31.0 Å². The first-order valence-electron chi connectivity index (χ1n) is 5.31. The highest BCUT2D eigenvalue weighted by molar-refractivity contribution is 6.17. The van der Waals surface area contributed by atoms with Gasteiger partial charge in [-0.3, -0.25) is 4.68 Å². The fourth-order valence-electron chi connectivity index (χ4n) is 1.68. The predicted molar refractivity (Wildman–Crippen MR) is 64.4 cm³/mol. The first kappa shape index (κ1) is 12.5. The number of likely N-dealkylation sites (N-methyl/N-ethyl adjacent to an activating group) is 1. The average Bonchev–Trinajstić information content (AvgIpc) is 2.57. The molecule has 86 valence electrons. The van der Waals surface area contributed by atoms with Gasteiger partial charge in [-0.1, -0.05) is 13.8 Å². The first-order chi connectivity index (χ1) is 7.06. The van der Waals surface area contributed by atoms with E-state index in [2.05, 4.69) is 42.6 Å². The van der Waals surface area contributed by atoms with Crippen molar-refractivity contribution in [3.63, 3.8) is 0 Å². The van der Waals surface area contributed by atoms with Crippen LogP contribution in [0.25, 0.3) is 0 Å². The van der Waals surface area contributed by atoms with Gasteiger partial charge in [0.15, 0.2) is 0 Å². The molecule has 4 heteroatoms. The highest BCUT2D eigenvalue weighted by atomic mass is 35.5. The summed E-state index contributed by atoms with van der Waals surface area (Å²) in [5, 5.41) is 4.39. The first-order valence-corrected chi connectivity index (χ1v) is 5.85. The minimum Gasteiger partial charge on any atom is -0.308 e. The molecule has 0 aliphatic heterocycles. The molecule has 0 aliphatic carbocycles. The monoisotopic (exact) mass is 229 g/mol. The molecular formula is C11H20ClN3. The van der Waals surface area contributed by atoms with Gasteiger partial charge in [-0.25, -0.2) is 0 Å². The van der Waals surface area contributed by atoms with Crippen molar-refractivity contribution in [1.29, 1.82) is 0 Å². The van der Waals surface area contributed by atoms with E-state index in [1.165, 1.54) is 5.69 Å². The van der Waals surface area contributed by atoms with Crippen LogP contribution >= 0.6 is 11.6 Å². The van der Waals surface area contributed by atoms with Crippen LogP contribution in [0.3, 0.4) is 0 Å². The third-order valence-corrected chi connectivity index (χ3v) is 2.70. The lowest BCUT2D eigenvalue weighted by atomic mass is 10.1. The van der Waals surface area contributed by atoms with Gasteiger partial charge in [-0.15, -0.1) is 11.6 Å². The van der Waals surface area contributed by atoms with Gasteiger partial charge in [0.2, 0.25) is 0 Å². The maximum absolute atomic E-state index is 5.89. The zero-order valence-electron chi connectivity index (χ0n) is 10.00. The van der Waals surface area contributed by atoms with Crippen LogP contribution in [0.4, 0.5) is 0 Å². The van der Waals surface area contributed by atoms with Crippen LogP contribution in [0, 0.1) is 0 Å². The van der Waals surface area contributed by atoms with E-state index < -0.39 is 0 Å². The van der Waals surface area contributed by atoms with Crippen LogP contribution in [0.15, 0.2) is 6.20 Å². The second-order valence-corrected chi connectivity index (χ2v) is 4.64. The number of nitrogens with zero attached hydrogens (tertiary/aromatic N) is 3. The number of hydrogen-bond donors (Lipinski definition) is 0. The predicted octanol–water partition coefficient (Wildman–Crippen LogP) is 2.31. The molecule has 0 radical (unpaired) electrons. The Kier molecular flexibility index (Phi) is 4.61. The molecule has 0 fully saturated rings. The summed E-state index contributed by atoms with van der Waals surface area (Å²) in [7, 11) is 4.14. The normalized spacial score (nSPS) is 11.7. The van der Waals surface area contributed by atoms with Crippen molar-refractivity contribution in [3.05, 3.63) is 17.5 Å². The van der Waals surface area contributed by atoms with Crippen LogP contribution in [-0.4, -0.2) is 35.3 Å². The van der Waals surface area contributed by atoms with Gasteiger partial charge in [-0.05, 0) is 20.0 Å². The maximum atomic E-state index is 5.89. The summed E-state index contributed by atoms with van der Waals surface area (Å²) in [6, 6.07) is 0. The molecule has 0 bridgehead atoms. The van der Waals surface area contributed by atoms with Gasteiger partial charge < -0.3 is 4.90 Å². The van der Waals surface area contributed by atoms with Crippen molar-refractivity contribution in [3.8, 4) is 0 Å². The Bertz CT molecular complexity index is 305. The molecule has 0 saturated heterocycles. The Morgan fingerprint density at radius 1 is 1.47 bits per heavy atom. The Morgan fingerprint density at radius 2 is 2.13 bits per heavy atom. The minimum atomic E-state index is 0.475. The molecule has 0 aromatic carbocycles. The van der Waals surface area contributed by atoms with E-state index in [4.69, 9.17) is 11.6 Å². The number of halogens is 1. The topological polar surface area (TPSA) is 21.1 Å². The van der Waals surface area contributed by atoms with Gasteiger partial charge in [0.25, 0.3) is 0 Å². The molecule has 0 aliphatic rings. The highest BCUT2D eigenvalue weighted by Gasteiger charge is 2.13. The summed E-state index contributed by atoms with van der Waals surface area (Å²) in [6.45, 7) is 6.29. The second kappa shape index (κ2) is 5.52. The standard InChI is InChI=1S/C11H20ClN3/c1-9(2)11-10(7-12)8-13-15(11)6-5-14(3)4/h8-9H,5-7H2,1-4H3. The van der Waals surface area contributed by atoms with Gasteiger partial charge in [0.1, 0.15) is 0 Å². The SMILES string of the molecule is CC(C)c1c(CCl)cnn1CCN(C)C. The number of hydrogen-bond acceptors (Lipinski definition) is 2. The summed E-state index contributed by atoms with van der Waals surface area (Å²) in [5.41, 5.74) is 2.43. The van der Waals surface area contributed by atoms with Gasteiger partial charge in [0, 0.05) is 17.8 Å². The summed E-state index contributed by atoms with van der Waals surface area (Å²) in [6.07, 6.45) is 1.89. The Balaban J connectivity index is 2.82. The molecular weight excluding hydrogens is 210 g/mol. The highest BCUT2D eigenvalue weighted by Crippen LogP contribution is 2.20. The van der Waals surface area contributed by atoms with Gasteiger partial charge in [-0.2, -0.15) is 5.10 Å². The van der Waals surface area contributed by atoms with E-state index >= 15 is 0 Å². The van der Waals surface area contributed by atoms with Crippen molar-refractivity contribution in [2.45, 2.75) is 32.2 Å². The minimum absolute atomic E-state index is 0.475. The average molecular weight is 230 g/mol. The van der Waals surface area contributed by atoms with E-state index in [-0.39, 0.29) is 0 Å². The second-order valence-electron chi connectivity index (χ2n) is 4.37. The van der Waals surface area contributed by atoms with E-state index in [9.17, 15) is 0 Å². The molecule has 1 rings (SSSR count). The van der Waals surface area contributed by atoms with Crippen molar-refractivity contribution in [1.82, 2.24) is 14.7 Å².